The lowest BCUT2D eigenvalue weighted by molar-refractivity contribution is 0.258. The predicted molar refractivity (Wildman–Crippen MR) is 140 cm³/mol. The molecule has 6 rings (SSSR count). The molecule has 0 amide bonds. The van der Waals surface area contributed by atoms with Crippen molar-refractivity contribution in [3.05, 3.63) is 35.6 Å². The van der Waals surface area contributed by atoms with Crippen molar-refractivity contribution in [2.75, 3.05) is 36.0 Å². The van der Waals surface area contributed by atoms with Crippen molar-refractivity contribution in [2.45, 2.75) is 45.4 Å². The molecule has 1 fully saturated rings. The second-order valence-electron chi connectivity index (χ2n) is 9.96. The number of nitrogens with two attached hydrogens (primary N) is 1. The Morgan fingerprint density at radius 2 is 2.03 bits per heavy atom. The average Bonchev–Trinajstić information content (AvgIpc) is 3.58. The molecule has 0 saturated carbocycles. The van der Waals surface area contributed by atoms with Crippen molar-refractivity contribution in [1.82, 2.24) is 30.1 Å². The number of nitrogens with zero attached hydrogens (tertiary/aromatic N) is 7. The van der Waals surface area contributed by atoms with Crippen LogP contribution in [0, 0.1) is 5.41 Å². The van der Waals surface area contributed by atoms with Crippen LogP contribution in [0.2, 0.25) is 0 Å². The Kier molecular flexibility index (Phi) is 5.64. The summed E-state index contributed by atoms with van der Waals surface area (Å²) in [7, 11) is 0. The first kappa shape index (κ1) is 22.4. The molecule has 6 heterocycles. The van der Waals surface area contributed by atoms with E-state index in [9.17, 15) is 0 Å². The van der Waals surface area contributed by atoms with Gasteiger partial charge >= 0.3 is 0 Å². The smallest absolute Gasteiger partial charge is 0.183 e. The number of hydrogen-bond acceptors (Lipinski definition) is 9. The Morgan fingerprint density at radius 3 is 2.77 bits per heavy atom. The molecular weight excluding hydrogens is 458 g/mol. The molecule has 2 aliphatic rings. The molecule has 35 heavy (non-hydrogen) atoms. The summed E-state index contributed by atoms with van der Waals surface area (Å²) in [5.41, 5.74) is 10.9. The minimum Gasteiger partial charge on any atom is -0.355 e. The molecule has 3 N–H and O–H groups in total. The van der Waals surface area contributed by atoms with Crippen LogP contribution in [-0.4, -0.2) is 56.3 Å². The highest BCUT2D eigenvalue weighted by molar-refractivity contribution is 7.13. The minimum atomic E-state index is 0.223. The molecule has 0 radical (unpaired) electrons. The number of pyridine rings is 1. The molecule has 0 unspecified atom stereocenters. The van der Waals surface area contributed by atoms with Crippen LogP contribution in [-0.2, 0) is 0 Å². The van der Waals surface area contributed by atoms with Crippen LogP contribution in [0.1, 0.15) is 51.1 Å². The van der Waals surface area contributed by atoms with Crippen molar-refractivity contribution >= 4 is 39.8 Å². The van der Waals surface area contributed by atoms with Crippen molar-refractivity contribution in [3.63, 3.8) is 0 Å². The van der Waals surface area contributed by atoms with Crippen LogP contribution in [0.3, 0.4) is 0 Å². The highest BCUT2D eigenvalue weighted by Gasteiger charge is 2.31. The van der Waals surface area contributed by atoms with Gasteiger partial charge in [0.05, 0.1) is 23.3 Å². The van der Waals surface area contributed by atoms with E-state index < -0.39 is 0 Å². The Morgan fingerprint density at radius 1 is 1.17 bits per heavy atom. The molecule has 9 nitrogen and oxygen atoms in total. The number of thiazole rings is 1. The first-order chi connectivity index (χ1) is 17.1. The topological polar surface area (TPSA) is 113 Å². The molecule has 4 aromatic heterocycles. The van der Waals surface area contributed by atoms with Gasteiger partial charge in [-0.05, 0) is 49.8 Å². The fourth-order valence-corrected chi connectivity index (χ4v) is 5.83. The molecule has 1 saturated heterocycles. The maximum absolute atomic E-state index is 5.98. The molecule has 0 spiro atoms. The number of aromatic nitrogens is 6. The highest BCUT2D eigenvalue weighted by Crippen LogP contribution is 2.42. The van der Waals surface area contributed by atoms with E-state index in [-0.39, 0.29) is 5.41 Å². The summed E-state index contributed by atoms with van der Waals surface area (Å²) < 4.78 is 0. The van der Waals surface area contributed by atoms with E-state index in [1.54, 1.807) is 11.3 Å². The Bertz CT molecular complexity index is 1320. The normalized spacial score (nSPS) is 19.8. The van der Waals surface area contributed by atoms with Gasteiger partial charge in [0, 0.05) is 37.1 Å². The molecule has 0 aliphatic carbocycles. The van der Waals surface area contributed by atoms with Gasteiger partial charge in [-0.15, -0.1) is 11.3 Å². The van der Waals surface area contributed by atoms with E-state index in [1.165, 1.54) is 0 Å². The van der Waals surface area contributed by atoms with Gasteiger partial charge in [0.2, 0.25) is 0 Å². The largest absolute Gasteiger partial charge is 0.355 e. The third kappa shape index (κ3) is 3.94. The number of nitrogens with one attached hydrogen (secondary N) is 1. The van der Waals surface area contributed by atoms with Crippen LogP contribution in [0.4, 0.5) is 17.3 Å². The van der Waals surface area contributed by atoms with E-state index in [0.717, 1.165) is 96.7 Å². The quantitative estimate of drug-likeness (QED) is 0.422. The number of piperidine rings is 1. The number of aromatic amines is 1. The molecule has 0 aromatic carbocycles. The molecule has 0 bridgehead atoms. The molecular formula is C25H31N9S. The summed E-state index contributed by atoms with van der Waals surface area (Å²) in [6, 6.07) is 4.22. The van der Waals surface area contributed by atoms with Crippen LogP contribution in [0.15, 0.2) is 29.9 Å². The lowest BCUT2D eigenvalue weighted by Crippen LogP contribution is -2.42. The maximum Gasteiger partial charge on any atom is 0.183 e. The lowest BCUT2D eigenvalue weighted by Gasteiger charge is -2.39. The fourth-order valence-electron chi connectivity index (χ4n) is 5.23. The first-order valence-electron chi connectivity index (χ1n) is 12.4. The van der Waals surface area contributed by atoms with Gasteiger partial charge in [-0.3, -0.25) is 5.10 Å². The van der Waals surface area contributed by atoms with E-state index in [1.807, 2.05) is 17.8 Å². The summed E-state index contributed by atoms with van der Waals surface area (Å²) >= 11 is 1.62. The number of rotatable bonds is 5. The molecule has 182 valence electrons. The van der Waals surface area contributed by atoms with E-state index in [4.69, 9.17) is 20.7 Å². The minimum absolute atomic E-state index is 0.223. The number of hydrogen-bond donors (Lipinski definition) is 2. The highest BCUT2D eigenvalue weighted by atomic mass is 32.1. The number of anilines is 3. The van der Waals surface area contributed by atoms with E-state index >= 15 is 0 Å². The SMILES string of the molecule is CC[C@H]1CCN(c2n[nH]c3nc(N4CCC(C)(CN)CC4)cnc23)c2ccc(-c3nccs3)nc21. The second-order valence-corrected chi connectivity index (χ2v) is 10.9. The Labute approximate surface area is 208 Å². The number of H-pyrrole nitrogens is 1. The second kappa shape index (κ2) is 8.83. The van der Waals surface area contributed by atoms with Gasteiger partial charge in [-0.25, -0.2) is 19.9 Å². The standard InChI is InChI=1S/C25H31N9S/c1-3-16-6-10-34(18-5-4-17(29-20(16)18)24-27-9-13-35-24)23-21-22(31-32-23)30-19(14-28-21)33-11-7-25(2,15-26)8-12-33/h4-5,9,13-14,16H,3,6-8,10-12,15,26H2,1-2H3,(H,30,31,32)/t16-/m0/s1. The predicted octanol–water partition coefficient (Wildman–Crippen LogP) is 4.47. The van der Waals surface area contributed by atoms with Crippen LogP contribution in [0.5, 0.6) is 0 Å². The van der Waals surface area contributed by atoms with Crippen molar-refractivity contribution in [1.29, 1.82) is 0 Å². The van der Waals surface area contributed by atoms with Gasteiger partial charge in [0.15, 0.2) is 17.0 Å². The zero-order valence-corrected chi connectivity index (χ0v) is 21.1. The molecule has 1 atom stereocenters. The summed E-state index contributed by atoms with van der Waals surface area (Å²) in [5.74, 6) is 2.13. The van der Waals surface area contributed by atoms with E-state index in [0.29, 0.717) is 5.92 Å². The number of fused-ring (bicyclic) bond motifs is 2. The maximum atomic E-state index is 5.98. The fraction of sp³-hybridized carbons (Fsp3) is 0.480. The Hall–Kier alpha value is -3.11. The third-order valence-corrected chi connectivity index (χ3v) is 8.50. The van der Waals surface area contributed by atoms with Crippen molar-refractivity contribution < 1.29 is 0 Å². The summed E-state index contributed by atoms with van der Waals surface area (Å²) in [6.45, 7) is 7.99. The lowest BCUT2D eigenvalue weighted by atomic mass is 9.80. The van der Waals surface area contributed by atoms with Gasteiger partial charge in [0.25, 0.3) is 0 Å². The summed E-state index contributed by atoms with van der Waals surface area (Å²) in [6.07, 6.45) is 7.92. The summed E-state index contributed by atoms with van der Waals surface area (Å²) in [4.78, 5) is 23.8. The van der Waals surface area contributed by atoms with Crippen LogP contribution in [0.25, 0.3) is 21.9 Å². The average molecular weight is 490 g/mol. The Balaban J connectivity index is 1.32. The monoisotopic (exact) mass is 489 g/mol. The van der Waals surface area contributed by atoms with Gasteiger partial charge < -0.3 is 15.5 Å². The zero-order chi connectivity index (χ0) is 24.0. The van der Waals surface area contributed by atoms with Gasteiger partial charge in [0.1, 0.15) is 10.8 Å². The molecule has 2 aliphatic heterocycles. The van der Waals surface area contributed by atoms with Crippen molar-refractivity contribution in [2.24, 2.45) is 11.1 Å². The van der Waals surface area contributed by atoms with Crippen molar-refractivity contribution in [3.8, 4) is 10.7 Å². The zero-order valence-electron chi connectivity index (χ0n) is 20.2. The van der Waals surface area contributed by atoms with Crippen LogP contribution < -0.4 is 15.5 Å². The molecule has 4 aromatic rings. The van der Waals surface area contributed by atoms with Crippen LogP contribution >= 0.6 is 11.3 Å². The van der Waals surface area contributed by atoms with Gasteiger partial charge in [-0.1, -0.05) is 13.8 Å². The first-order valence-corrected chi connectivity index (χ1v) is 13.3. The van der Waals surface area contributed by atoms with E-state index in [2.05, 4.69) is 51.0 Å². The molecule has 10 heteroatoms. The van der Waals surface area contributed by atoms with Gasteiger partial charge in [-0.2, -0.15) is 5.10 Å². The third-order valence-electron chi connectivity index (χ3n) is 7.71. The summed E-state index contributed by atoms with van der Waals surface area (Å²) in [5, 5.41) is 10.7.